The molecule has 2 aliphatic heterocycles. The molecule has 2 amide bonds. The molecule has 2 aromatic rings. The van der Waals surface area contributed by atoms with Crippen molar-refractivity contribution in [2.24, 2.45) is 17.3 Å². The largest absolute Gasteiger partial charge is 0.497 e. The molecule has 0 unspecified atom stereocenters. The van der Waals surface area contributed by atoms with Gasteiger partial charge in [0.25, 0.3) is 5.91 Å². The van der Waals surface area contributed by atoms with Crippen molar-refractivity contribution in [3.8, 4) is 5.75 Å². The van der Waals surface area contributed by atoms with Crippen molar-refractivity contribution in [2.75, 3.05) is 19.0 Å². The number of benzene rings is 2. The Hall–Kier alpha value is -3.02. The molecule has 3 aliphatic carbocycles. The maximum Gasteiger partial charge on any atom is 0.255 e. The number of nitrogens with zero attached hydrogens (tertiary/aromatic N) is 1. The Morgan fingerprint density at radius 1 is 1.15 bits per heavy atom. The van der Waals surface area contributed by atoms with Gasteiger partial charge in [-0.25, -0.2) is 0 Å². The zero-order chi connectivity index (χ0) is 22.8. The van der Waals surface area contributed by atoms with Crippen LogP contribution in [0.25, 0.3) is 0 Å². The number of carbonyl (C=O) groups excluding carboxylic acids is 2. The van der Waals surface area contributed by atoms with E-state index in [1.165, 1.54) is 11.1 Å². The van der Waals surface area contributed by atoms with Gasteiger partial charge in [-0.1, -0.05) is 25.1 Å². The van der Waals surface area contributed by atoms with E-state index < -0.39 is 5.66 Å². The van der Waals surface area contributed by atoms with E-state index in [0.717, 1.165) is 50.1 Å². The Kier molecular flexibility index (Phi) is 4.51. The van der Waals surface area contributed by atoms with Crippen molar-refractivity contribution in [1.82, 2.24) is 10.2 Å². The Morgan fingerprint density at radius 3 is 2.82 bits per heavy atom. The molecule has 5 aliphatic rings. The maximum atomic E-state index is 13.8. The minimum atomic E-state index is -0.458. The van der Waals surface area contributed by atoms with E-state index in [-0.39, 0.29) is 29.1 Å². The first-order valence-corrected chi connectivity index (χ1v) is 12.1. The summed E-state index contributed by atoms with van der Waals surface area (Å²) in [6, 6.07) is 13.9. The third kappa shape index (κ3) is 3.14. The minimum Gasteiger partial charge on any atom is -0.497 e. The molecule has 2 aromatic carbocycles. The summed E-state index contributed by atoms with van der Waals surface area (Å²) in [5.74, 6) is 1.39. The van der Waals surface area contributed by atoms with Crippen molar-refractivity contribution in [3.05, 3.63) is 59.2 Å². The smallest absolute Gasteiger partial charge is 0.255 e. The summed E-state index contributed by atoms with van der Waals surface area (Å²) in [4.78, 5) is 28.8. The van der Waals surface area contributed by atoms with Crippen LogP contribution < -0.4 is 15.4 Å². The van der Waals surface area contributed by atoms with Crippen LogP contribution in [0, 0.1) is 17.3 Å². The second-order valence-corrected chi connectivity index (χ2v) is 10.6. The van der Waals surface area contributed by atoms with Gasteiger partial charge in [-0.2, -0.15) is 0 Å². The number of anilines is 1. The van der Waals surface area contributed by atoms with E-state index in [9.17, 15) is 9.59 Å². The van der Waals surface area contributed by atoms with Crippen LogP contribution in [0.15, 0.2) is 42.5 Å². The molecule has 1 spiro atoms. The number of ether oxygens (including phenoxy) is 1. The molecule has 0 radical (unpaired) electrons. The first-order valence-electron chi connectivity index (χ1n) is 12.1. The van der Waals surface area contributed by atoms with Crippen LogP contribution in [0.5, 0.6) is 5.75 Å². The van der Waals surface area contributed by atoms with Crippen LogP contribution in [-0.2, 0) is 17.8 Å². The number of fused-ring (bicyclic) bond motifs is 4. The number of para-hydroxylation sites is 1. The number of hydrogen-bond donors (Lipinski definition) is 2. The van der Waals surface area contributed by atoms with E-state index in [4.69, 9.17) is 4.74 Å². The summed E-state index contributed by atoms with van der Waals surface area (Å²) < 4.78 is 5.36. The van der Waals surface area contributed by atoms with Gasteiger partial charge in [-0.3, -0.25) is 9.59 Å². The summed E-state index contributed by atoms with van der Waals surface area (Å²) >= 11 is 0. The standard InChI is InChI=1S/C27H31N3O3/c1-26-11-9-19(27(16-26)28-23-6-4-3-5-21(23)24(31)29-27)14-22(26)25(32)30-12-10-17-13-20(33-2)8-7-18(17)15-30/h3-8,13,19,22,28H,9-12,14-16H2,1-2H3,(H,29,31)/t19-,22-,26+,27+/m1/s1. The number of hydrogen-bond acceptors (Lipinski definition) is 4. The lowest BCUT2D eigenvalue weighted by atomic mass is 9.51. The zero-order valence-electron chi connectivity index (χ0n) is 19.3. The monoisotopic (exact) mass is 445 g/mol. The van der Waals surface area contributed by atoms with Crippen LogP contribution >= 0.6 is 0 Å². The van der Waals surface area contributed by atoms with Crippen molar-refractivity contribution in [3.63, 3.8) is 0 Å². The van der Waals surface area contributed by atoms with Gasteiger partial charge in [0.15, 0.2) is 0 Å². The summed E-state index contributed by atoms with van der Waals surface area (Å²) in [5.41, 5.74) is 3.50. The van der Waals surface area contributed by atoms with Crippen molar-refractivity contribution in [2.45, 2.75) is 51.2 Å². The van der Waals surface area contributed by atoms with Gasteiger partial charge in [0.05, 0.1) is 12.7 Å². The van der Waals surface area contributed by atoms with Crippen LogP contribution in [0.3, 0.4) is 0 Å². The number of carbonyl (C=O) groups is 2. The number of methoxy groups -OCH3 is 1. The van der Waals surface area contributed by atoms with Gasteiger partial charge in [0.1, 0.15) is 11.4 Å². The molecule has 6 heteroatoms. The molecule has 0 aromatic heterocycles. The van der Waals surface area contributed by atoms with Crippen molar-refractivity contribution >= 4 is 17.5 Å². The van der Waals surface area contributed by atoms with E-state index in [1.807, 2.05) is 30.3 Å². The average Bonchev–Trinajstić information content (AvgIpc) is 2.82. The predicted octanol–water partition coefficient (Wildman–Crippen LogP) is 3.96. The first-order chi connectivity index (χ1) is 15.9. The first kappa shape index (κ1) is 20.6. The Labute approximate surface area is 194 Å². The summed E-state index contributed by atoms with van der Waals surface area (Å²) in [6.45, 7) is 3.68. The van der Waals surface area contributed by atoms with Gasteiger partial charge in [-0.05, 0) is 72.9 Å². The predicted molar refractivity (Wildman–Crippen MR) is 126 cm³/mol. The van der Waals surface area contributed by atoms with Gasteiger partial charge in [0.2, 0.25) is 5.91 Å². The van der Waals surface area contributed by atoms with Gasteiger partial charge in [0, 0.05) is 30.6 Å². The lowest BCUT2D eigenvalue weighted by Gasteiger charge is -2.61. The fourth-order valence-electron chi connectivity index (χ4n) is 6.89. The quantitative estimate of drug-likeness (QED) is 0.734. The molecule has 4 atom stereocenters. The van der Waals surface area contributed by atoms with E-state index in [2.05, 4.69) is 34.6 Å². The summed E-state index contributed by atoms with van der Waals surface area (Å²) in [5, 5.41) is 7.01. The number of rotatable bonds is 2. The molecule has 3 fully saturated rings. The second kappa shape index (κ2) is 7.24. The average molecular weight is 446 g/mol. The summed E-state index contributed by atoms with van der Waals surface area (Å²) in [6.07, 6.45) is 4.51. The van der Waals surface area contributed by atoms with Crippen LogP contribution in [0.2, 0.25) is 0 Å². The highest BCUT2D eigenvalue weighted by molar-refractivity contribution is 6.02. The van der Waals surface area contributed by atoms with E-state index in [0.29, 0.717) is 12.1 Å². The molecule has 2 bridgehead atoms. The van der Waals surface area contributed by atoms with E-state index in [1.54, 1.807) is 7.11 Å². The highest BCUT2D eigenvalue weighted by atomic mass is 16.5. The van der Waals surface area contributed by atoms with Gasteiger partial charge < -0.3 is 20.3 Å². The van der Waals surface area contributed by atoms with Crippen LogP contribution in [0.4, 0.5) is 5.69 Å². The fourth-order valence-corrected chi connectivity index (χ4v) is 6.89. The Morgan fingerprint density at radius 2 is 2.00 bits per heavy atom. The third-order valence-electron chi connectivity index (χ3n) is 8.71. The molecule has 6 nitrogen and oxygen atoms in total. The third-order valence-corrected chi connectivity index (χ3v) is 8.71. The minimum absolute atomic E-state index is 0.00227. The lowest BCUT2D eigenvalue weighted by molar-refractivity contribution is -0.151. The number of amides is 2. The second-order valence-electron chi connectivity index (χ2n) is 10.6. The molecule has 3 saturated carbocycles. The van der Waals surface area contributed by atoms with Crippen LogP contribution in [-0.4, -0.2) is 36.0 Å². The van der Waals surface area contributed by atoms with Crippen molar-refractivity contribution in [1.29, 1.82) is 0 Å². The van der Waals surface area contributed by atoms with E-state index >= 15 is 0 Å². The SMILES string of the molecule is COc1ccc2c(c1)CCN(C(=O)[C@H]1C[C@H]3CC[C@@]1(C)C[C@]31NC(=O)c3ccccc3N1)C2. The maximum absolute atomic E-state index is 13.8. The molecular formula is C27H31N3O3. The lowest BCUT2D eigenvalue weighted by Crippen LogP contribution is -2.70. The molecule has 172 valence electrons. The molecule has 33 heavy (non-hydrogen) atoms. The topological polar surface area (TPSA) is 70.7 Å². The van der Waals surface area contributed by atoms with Gasteiger partial charge in [-0.15, -0.1) is 0 Å². The summed E-state index contributed by atoms with van der Waals surface area (Å²) in [7, 11) is 1.69. The highest BCUT2D eigenvalue weighted by Gasteiger charge is 2.60. The zero-order valence-corrected chi connectivity index (χ0v) is 19.3. The van der Waals surface area contributed by atoms with Crippen molar-refractivity contribution < 1.29 is 14.3 Å². The molecule has 0 saturated heterocycles. The highest BCUT2D eigenvalue weighted by Crippen LogP contribution is 2.59. The van der Waals surface area contributed by atoms with Gasteiger partial charge >= 0.3 is 0 Å². The Balaban J connectivity index is 1.23. The Bertz CT molecular complexity index is 1150. The fraction of sp³-hybridized carbons (Fsp3) is 0.481. The van der Waals surface area contributed by atoms with Crippen LogP contribution in [0.1, 0.15) is 54.1 Å². The molecule has 7 rings (SSSR count). The molecule has 2 N–H and O–H groups in total. The normalized spacial score (nSPS) is 31.9. The molecular weight excluding hydrogens is 414 g/mol. The molecule has 2 heterocycles. The number of nitrogens with one attached hydrogen (secondary N) is 2.